The number of hydrogen-bond donors (Lipinski definition) is 1. The first-order valence-corrected chi connectivity index (χ1v) is 9.08. The van der Waals surface area contributed by atoms with E-state index in [0.717, 1.165) is 0 Å². The molecule has 0 spiro atoms. The Morgan fingerprint density at radius 1 is 1.25 bits per heavy atom. The molecule has 1 aromatic carbocycles. The Morgan fingerprint density at radius 3 is 2.54 bits per heavy atom. The molecule has 0 saturated heterocycles. The van der Waals surface area contributed by atoms with Gasteiger partial charge in [-0.2, -0.15) is 0 Å². The van der Waals surface area contributed by atoms with E-state index in [4.69, 9.17) is 9.15 Å². The van der Waals surface area contributed by atoms with Gasteiger partial charge in [-0.3, -0.25) is 4.90 Å². The van der Waals surface area contributed by atoms with Gasteiger partial charge in [0, 0.05) is 6.54 Å². The van der Waals surface area contributed by atoms with Gasteiger partial charge in [-0.15, -0.1) is 0 Å². The van der Waals surface area contributed by atoms with Gasteiger partial charge < -0.3 is 9.15 Å². The van der Waals surface area contributed by atoms with Crippen LogP contribution in [0, 0.1) is 5.82 Å². The van der Waals surface area contributed by atoms with E-state index in [1.807, 2.05) is 19.0 Å². The second-order valence-corrected chi connectivity index (χ2v) is 7.39. The summed E-state index contributed by atoms with van der Waals surface area (Å²) in [5, 5.41) is 0. The molecule has 0 aliphatic rings. The van der Waals surface area contributed by atoms with Crippen LogP contribution in [0.4, 0.5) is 4.39 Å². The molecule has 0 radical (unpaired) electrons. The highest BCUT2D eigenvalue weighted by atomic mass is 32.2. The van der Waals surface area contributed by atoms with Gasteiger partial charge in [0.2, 0.25) is 10.0 Å². The monoisotopic (exact) mass is 356 g/mol. The van der Waals surface area contributed by atoms with Crippen LogP contribution in [0.5, 0.6) is 5.75 Å². The van der Waals surface area contributed by atoms with Crippen molar-refractivity contribution < 1.29 is 22.0 Å². The summed E-state index contributed by atoms with van der Waals surface area (Å²) in [6, 6.07) is 8.78. The fraction of sp³-hybridized carbons (Fsp3) is 0.375. The summed E-state index contributed by atoms with van der Waals surface area (Å²) in [7, 11) is 0.196. The van der Waals surface area contributed by atoms with E-state index in [9.17, 15) is 12.8 Å². The van der Waals surface area contributed by atoms with Gasteiger partial charge in [-0.05, 0) is 50.5 Å². The van der Waals surface area contributed by atoms with E-state index in [1.54, 1.807) is 18.4 Å². The van der Waals surface area contributed by atoms with Crippen molar-refractivity contribution in [2.45, 2.75) is 6.04 Å². The first-order chi connectivity index (χ1) is 11.4. The van der Waals surface area contributed by atoms with Crippen LogP contribution in [-0.4, -0.2) is 46.3 Å². The fourth-order valence-corrected chi connectivity index (χ4v) is 2.96. The van der Waals surface area contributed by atoms with Gasteiger partial charge in [-0.1, -0.05) is 0 Å². The number of hydrogen-bond acceptors (Lipinski definition) is 5. The highest BCUT2D eigenvalue weighted by molar-refractivity contribution is 7.89. The van der Waals surface area contributed by atoms with E-state index in [1.165, 1.54) is 24.3 Å². The number of rotatable bonds is 9. The standard InChI is InChI=1S/C16H21FN2O4S/c1-19(2)15(16-4-3-9-23-16)12-18-24(20,21)11-10-22-14-7-5-13(17)6-8-14/h3-9,15,18H,10-12H2,1-2H3. The molecule has 6 nitrogen and oxygen atoms in total. The molecule has 0 amide bonds. The van der Waals surface area contributed by atoms with Gasteiger partial charge in [0.25, 0.3) is 0 Å². The van der Waals surface area contributed by atoms with E-state index in [2.05, 4.69) is 4.72 Å². The lowest BCUT2D eigenvalue weighted by Crippen LogP contribution is -2.36. The predicted octanol–water partition coefficient (Wildman–Crippen LogP) is 2.02. The number of furan rings is 1. The second kappa shape index (κ2) is 8.27. The number of halogens is 1. The zero-order valence-electron chi connectivity index (χ0n) is 13.6. The topological polar surface area (TPSA) is 71.8 Å². The Labute approximate surface area is 141 Å². The summed E-state index contributed by atoms with van der Waals surface area (Å²) in [4.78, 5) is 1.87. The van der Waals surface area contributed by atoms with E-state index in [0.29, 0.717) is 11.5 Å². The van der Waals surface area contributed by atoms with E-state index in [-0.39, 0.29) is 30.8 Å². The molecule has 0 saturated carbocycles. The molecule has 132 valence electrons. The molecule has 1 aromatic heterocycles. The molecule has 1 heterocycles. The lowest BCUT2D eigenvalue weighted by atomic mass is 10.2. The van der Waals surface area contributed by atoms with Gasteiger partial charge in [-0.25, -0.2) is 17.5 Å². The number of sulfonamides is 1. The maximum atomic E-state index is 12.8. The molecule has 8 heteroatoms. The van der Waals surface area contributed by atoms with Crippen molar-refractivity contribution in [1.29, 1.82) is 0 Å². The van der Waals surface area contributed by atoms with Crippen LogP contribution < -0.4 is 9.46 Å². The minimum Gasteiger partial charge on any atom is -0.492 e. The van der Waals surface area contributed by atoms with Gasteiger partial charge >= 0.3 is 0 Å². The Hall–Kier alpha value is -1.90. The number of nitrogens with zero attached hydrogens (tertiary/aromatic N) is 1. The van der Waals surface area contributed by atoms with Crippen LogP contribution in [0.3, 0.4) is 0 Å². The maximum Gasteiger partial charge on any atom is 0.215 e. The molecule has 0 aliphatic heterocycles. The average Bonchev–Trinajstić information content (AvgIpc) is 3.03. The van der Waals surface area contributed by atoms with Crippen LogP contribution in [0.2, 0.25) is 0 Å². The molecule has 2 rings (SSSR count). The fourth-order valence-electron chi connectivity index (χ4n) is 2.10. The van der Waals surface area contributed by atoms with Crippen LogP contribution >= 0.6 is 0 Å². The normalized spacial score (nSPS) is 13.2. The average molecular weight is 356 g/mol. The molecule has 1 atom stereocenters. The minimum absolute atomic E-state index is 0.0195. The molecule has 24 heavy (non-hydrogen) atoms. The lowest BCUT2D eigenvalue weighted by molar-refractivity contribution is 0.259. The van der Waals surface area contributed by atoms with Gasteiger partial charge in [0.1, 0.15) is 23.9 Å². The van der Waals surface area contributed by atoms with Crippen LogP contribution in [0.1, 0.15) is 11.8 Å². The highest BCUT2D eigenvalue weighted by Gasteiger charge is 2.20. The molecule has 0 aliphatic carbocycles. The van der Waals surface area contributed by atoms with Crippen molar-refractivity contribution in [2.75, 3.05) is 33.0 Å². The Bertz CT molecular complexity index is 715. The molecule has 1 N–H and O–H groups in total. The van der Waals surface area contributed by atoms with Crippen LogP contribution in [0.25, 0.3) is 0 Å². The summed E-state index contributed by atoms with van der Waals surface area (Å²) in [5.74, 6) is 0.547. The van der Waals surface area contributed by atoms with Gasteiger partial charge in [0.05, 0.1) is 18.1 Å². The summed E-state index contributed by atoms with van der Waals surface area (Å²) in [5.41, 5.74) is 0. The molecular weight excluding hydrogens is 335 g/mol. The number of ether oxygens (including phenoxy) is 1. The van der Waals surface area contributed by atoms with Crippen molar-refractivity contribution >= 4 is 10.0 Å². The second-order valence-electron chi connectivity index (χ2n) is 5.46. The number of nitrogens with one attached hydrogen (secondary N) is 1. The lowest BCUT2D eigenvalue weighted by Gasteiger charge is -2.22. The van der Waals surface area contributed by atoms with Crippen molar-refractivity contribution in [3.05, 3.63) is 54.2 Å². The Morgan fingerprint density at radius 2 is 1.96 bits per heavy atom. The van der Waals surface area contributed by atoms with Crippen LogP contribution in [0.15, 0.2) is 47.1 Å². The summed E-state index contributed by atoms with van der Waals surface area (Å²) >= 11 is 0. The van der Waals surface area contributed by atoms with Crippen LogP contribution in [-0.2, 0) is 10.0 Å². The minimum atomic E-state index is -3.50. The summed E-state index contributed by atoms with van der Waals surface area (Å²) in [6.07, 6.45) is 1.55. The third-order valence-corrected chi connectivity index (χ3v) is 4.74. The smallest absolute Gasteiger partial charge is 0.215 e. The quantitative estimate of drug-likeness (QED) is 0.744. The largest absolute Gasteiger partial charge is 0.492 e. The Balaban J connectivity index is 1.83. The third kappa shape index (κ3) is 5.63. The summed E-state index contributed by atoms with van der Waals surface area (Å²) < 4.78 is 50.1. The number of benzene rings is 1. The third-order valence-electron chi connectivity index (χ3n) is 3.43. The molecule has 0 bridgehead atoms. The zero-order valence-corrected chi connectivity index (χ0v) is 14.4. The molecular formula is C16H21FN2O4S. The van der Waals surface area contributed by atoms with Crippen molar-refractivity contribution in [3.8, 4) is 5.75 Å². The Kier molecular flexibility index (Phi) is 6.36. The zero-order chi connectivity index (χ0) is 17.6. The van der Waals surface area contributed by atoms with Gasteiger partial charge in [0.15, 0.2) is 0 Å². The van der Waals surface area contributed by atoms with E-state index < -0.39 is 10.0 Å². The first kappa shape index (κ1) is 18.4. The molecule has 2 aromatic rings. The van der Waals surface area contributed by atoms with Crippen molar-refractivity contribution in [1.82, 2.24) is 9.62 Å². The predicted molar refractivity (Wildman–Crippen MR) is 88.8 cm³/mol. The van der Waals surface area contributed by atoms with Crippen molar-refractivity contribution in [3.63, 3.8) is 0 Å². The van der Waals surface area contributed by atoms with E-state index >= 15 is 0 Å². The highest BCUT2D eigenvalue weighted by Crippen LogP contribution is 2.18. The molecule has 0 fully saturated rings. The number of likely N-dealkylation sites (N-methyl/N-ethyl adjacent to an activating group) is 1. The first-order valence-electron chi connectivity index (χ1n) is 7.43. The SMILES string of the molecule is CN(C)C(CNS(=O)(=O)CCOc1ccc(F)cc1)c1ccco1. The molecule has 1 unspecified atom stereocenters. The summed E-state index contributed by atoms with van der Waals surface area (Å²) in [6.45, 7) is 0.174. The maximum absolute atomic E-state index is 12.8. The van der Waals surface area contributed by atoms with Crippen molar-refractivity contribution in [2.24, 2.45) is 0 Å².